The number of carboxylic acid groups (broad SMARTS) is 1. The van der Waals surface area contributed by atoms with Crippen LogP contribution in [0.15, 0.2) is 65.8 Å². The minimum absolute atomic E-state index is 0.118. The number of aliphatic imine (C=N–C) groups is 1. The smallest absolute Gasteiger partial charge is 0.326 e. The first-order chi connectivity index (χ1) is 18.9. The van der Waals surface area contributed by atoms with Gasteiger partial charge >= 0.3 is 5.97 Å². The highest BCUT2D eigenvalue weighted by Crippen LogP contribution is 2.19. The molecule has 9 nitrogen and oxygen atoms in total. The van der Waals surface area contributed by atoms with E-state index in [2.05, 4.69) is 26.7 Å². The number of pyridine rings is 1. The monoisotopic (exact) mass is 525 g/mol. The number of benzene rings is 2. The average Bonchev–Trinajstić information content (AvgIpc) is 2.96. The number of aromatic nitrogens is 1. The van der Waals surface area contributed by atoms with Crippen LogP contribution < -0.4 is 10.6 Å². The molecule has 3 aromatic rings. The van der Waals surface area contributed by atoms with Crippen molar-refractivity contribution in [1.29, 1.82) is 5.26 Å². The fourth-order valence-electron chi connectivity index (χ4n) is 4.50. The van der Waals surface area contributed by atoms with Crippen LogP contribution in [-0.2, 0) is 22.4 Å². The van der Waals surface area contributed by atoms with Gasteiger partial charge in [-0.15, -0.1) is 0 Å². The standard InChI is InChI=1S/C30H31N5O4/c1-3-23-13-21(15-31)12-19(2)27(23)28(36)35-25(30(37)38)14-20-7-9-24(10-8-20)29-34-17-22(18-39-29)16-33-26-6-4-5-11-32-26/h4-13,22,25H,3,14,16-18H2,1-2H3,(H,32,33)(H,35,36)(H,37,38). The number of carboxylic acids is 1. The number of ether oxygens (including phenoxy) is 1. The molecule has 0 fully saturated rings. The van der Waals surface area contributed by atoms with Crippen LogP contribution in [0, 0.1) is 24.2 Å². The molecule has 9 heteroatoms. The number of carbonyl (C=O) groups is 2. The summed E-state index contributed by atoms with van der Waals surface area (Å²) < 4.78 is 5.89. The van der Waals surface area contributed by atoms with Gasteiger partial charge in [-0.25, -0.2) is 9.78 Å². The number of aryl methyl sites for hydroxylation is 2. The quantitative estimate of drug-likeness (QED) is 0.367. The number of aliphatic carboxylic acids is 1. The third kappa shape index (κ3) is 6.99. The van der Waals surface area contributed by atoms with Crippen molar-refractivity contribution in [3.8, 4) is 6.07 Å². The molecule has 3 N–H and O–H groups in total. The summed E-state index contributed by atoms with van der Waals surface area (Å²) in [5, 5.41) is 25.0. The number of hydrogen-bond donors (Lipinski definition) is 3. The zero-order chi connectivity index (χ0) is 27.8. The van der Waals surface area contributed by atoms with Crippen LogP contribution in [0.1, 0.15) is 45.1 Å². The van der Waals surface area contributed by atoms with Crippen LogP contribution in [0.3, 0.4) is 0 Å². The molecule has 0 saturated heterocycles. The van der Waals surface area contributed by atoms with Gasteiger partial charge in [0.2, 0.25) is 5.90 Å². The molecule has 2 aromatic carbocycles. The predicted molar refractivity (Wildman–Crippen MR) is 148 cm³/mol. The minimum atomic E-state index is -1.12. The van der Waals surface area contributed by atoms with E-state index in [9.17, 15) is 20.0 Å². The van der Waals surface area contributed by atoms with E-state index >= 15 is 0 Å². The van der Waals surface area contributed by atoms with Gasteiger partial charge in [0.1, 0.15) is 11.9 Å². The van der Waals surface area contributed by atoms with Crippen LogP contribution in [0.4, 0.5) is 5.82 Å². The Balaban J connectivity index is 1.37. The molecule has 0 bridgehead atoms. The van der Waals surface area contributed by atoms with Crippen molar-refractivity contribution >= 4 is 23.6 Å². The number of hydrogen-bond acceptors (Lipinski definition) is 7. The lowest BCUT2D eigenvalue weighted by Gasteiger charge is -2.23. The van der Waals surface area contributed by atoms with Crippen molar-refractivity contribution in [2.75, 3.05) is 25.0 Å². The highest BCUT2D eigenvalue weighted by molar-refractivity contribution is 5.99. The Morgan fingerprint density at radius 1 is 1.21 bits per heavy atom. The highest BCUT2D eigenvalue weighted by Gasteiger charge is 2.24. The topological polar surface area (TPSA) is 137 Å². The maximum atomic E-state index is 13.1. The minimum Gasteiger partial charge on any atom is -0.480 e. The molecule has 4 rings (SSSR count). The number of nitrogens with one attached hydrogen (secondary N) is 2. The second-order valence-corrected chi connectivity index (χ2v) is 9.48. The van der Waals surface area contributed by atoms with Crippen molar-refractivity contribution in [1.82, 2.24) is 10.3 Å². The number of nitriles is 1. The van der Waals surface area contributed by atoms with Crippen molar-refractivity contribution in [2.45, 2.75) is 32.7 Å². The number of anilines is 1. The second-order valence-electron chi connectivity index (χ2n) is 9.48. The molecule has 0 saturated carbocycles. The van der Waals surface area contributed by atoms with Gasteiger partial charge in [0, 0.05) is 36.2 Å². The van der Waals surface area contributed by atoms with Gasteiger partial charge in [-0.1, -0.05) is 25.1 Å². The number of carbonyl (C=O) groups excluding carboxylic acids is 1. The van der Waals surface area contributed by atoms with E-state index in [1.807, 2.05) is 49.4 Å². The molecule has 2 atom stereocenters. The van der Waals surface area contributed by atoms with Crippen LogP contribution in [-0.4, -0.2) is 53.6 Å². The van der Waals surface area contributed by atoms with Gasteiger partial charge in [0.05, 0.1) is 24.8 Å². The lowest BCUT2D eigenvalue weighted by Crippen LogP contribution is -2.42. The first kappa shape index (κ1) is 27.3. The zero-order valence-corrected chi connectivity index (χ0v) is 22.0. The SMILES string of the molecule is CCc1cc(C#N)cc(C)c1C(=O)NC(Cc1ccc(C2=NCC(CNc3ccccn3)CO2)cc1)C(=O)O. The average molecular weight is 526 g/mol. The van der Waals surface area contributed by atoms with E-state index < -0.39 is 17.9 Å². The lowest BCUT2D eigenvalue weighted by molar-refractivity contribution is -0.139. The Morgan fingerprint density at radius 2 is 2.00 bits per heavy atom. The van der Waals surface area contributed by atoms with E-state index in [1.54, 1.807) is 25.3 Å². The normalized spacial score (nSPS) is 15.3. The molecule has 0 spiro atoms. The molecule has 2 unspecified atom stereocenters. The molecule has 2 heterocycles. The maximum absolute atomic E-state index is 13.1. The Bertz CT molecular complexity index is 1400. The van der Waals surface area contributed by atoms with Crippen LogP contribution in [0.25, 0.3) is 0 Å². The second kappa shape index (κ2) is 12.7. The summed E-state index contributed by atoms with van der Waals surface area (Å²) in [5.41, 5.74) is 3.80. The Morgan fingerprint density at radius 3 is 2.62 bits per heavy atom. The molecule has 1 aliphatic rings. The largest absolute Gasteiger partial charge is 0.480 e. The molecular formula is C30H31N5O4. The van der Waals surface area contributed by atoms with E-state index in [-0.39, 0.29) is 12.3 Å². The van der Waals surface area contributed by atoms with E-state index in [0.29, 0.717) is 54.3 Å². The lowest BCUT2D eigenvalue weighted by atomic mass is 9.95. The third-order valence-electron chi connectivity index (χ3n) is 6.58. The van der Waals surface area contributed by atoms with Gasteiger partial charge in [0.25, 0.3) is 5.91 Å². The Hall–Kier alpha value is -4.71. The number of rotatable bonds is 10. The van der Waals surface area contributed by atoms with Crippen molar-refractivity contribution in [2.24, 2.45) is 10.9 Å². The Kier molecular flexibility index (Phi) is 8.90. The van der Waals surface area contributed by atoms with E-state index in [0.717, 1.165) is 16.9 Å². The molecule has 0 radical (unpaired) electrons. The summed E-state index contributed by atoms with van der Waals surface area (Å²) >= 11 is 0. The predicted octanol–water partition coefficient (Wildman–Crippen LogP) is 3.75. The fraction of sp³-hybridized carbons (Fsp3) is 0.300. The summed E-state index contributed by atoms with van der Waals surface area (Å²) in [5.74, 6) is 0.0126. The van der Waals surface area contributed by atoms with Gasteiger partial charge < -0.3 is 20.5 Å². The molecule has 39 heavy (non-hydrogen) atoms. The van der Waals surface area contributed by atoms with E-state index in [1.165, 1.54) is 0 Å². The van der Waals surface area contributed by atoms with Crippen molar-refractivity contribution in [3.63, 3.8) is 0 Å². The Labute approximate surface area is 227 Å². The van der Waals surface area contributed by atoms with Crippen LogP contribution in [0.5, 0.6) is 0 Å². The van der Waals surface area contributed by atoms with E-state index in [4.69, 9.17) is 4.74 Å². The zero-order valence-electron chi connectivity index (χ0n) is 22.0. The molecule has 200 valence electrons. The number of nitrogens with zero attached hydrogens (tertiary/aromatic N) is 3. The molecule has 1 aromatic heterocycles. The van der Waals surface area contributed by atoms with Gasteiger partial charge in [-0.05, 0) is 66.4 Å². The van der Waals surface area contributed by atoms with Gasteiger partial charge in [-0.3, -0.25) is 9.79 Å². The van der Waals surface area contributed by atoms with Crippen LogP contribution >= 0.6 is 0 Å². The van der Waals surface area contributed by atoms with Crippen LogP contribution in [0.2, 0.25) is 0 Å². The summed E-state index contributed by atoms with van der Waals surface area (Å²) in [6.45, 7) is 5.50. The fourth-order valence-corrected chi connectivity index (χ4v) is 4.50. The van der Waals surface area contributed by atoms with Crippen molar-refractivity contribution < 1.29 is 19.4 Å². The molecular weight excluding hydrogens is 494 g/mol. The highest BCUT2D eigenvalue weighted by atomic mass is 16.5. The maximum Gasteiger partial charge on any atom is 0.326 e. The first-order valence-corrected chi connectivity index (χ1v) is 12.9. The molecule has 1 amide bonds. The molecule has 1 aliphatic heterocycles. The number of amides is 1. The summed E-state index contributed by atoms with van der Waals surface area (Å²) in [6.07, 6.45) is 2.41. The third-order valence-corrected chi connectivity index (χ3v) is 6.58. The van der Waals surface area contributed by atoms with Crippen molar-refractivity contribution in [3.05, 3.63) is 94.2 Å². The van der Waals surface area contributed by atoms with Gasteiger partial charge in [0.15, 0.2) is 0 Å². The molecule has 0 aliphatic carbocycles. The van der Waals surface area contributed by atoms with Gasteiger partial charge in [-0.2, -0.15) is 5.26 Å². The summed E-state index contributed by atoms with van der Waals surface area (Å²) in [4.78, 5) is 33.9. The summed E-state index contributed by atoms with van der Waals surface area (Å²) in [7, 11) is 0. The first-order valence-electron chi connectivity index (χ1n) is 12.9. The summed E-state index contributed by atoms with van der Waals surface area (Å²) in [6, 6.07) is 17.3.